The van der Waals surface area contributed by atoms with Gasteiger partial charge in [0, 0.05) is 11.6 Å². The summed E-state index contributed by atoms with van der Waals surface area (Å²) in [7, 11) is 0. The maximum atomic E-state index is 6.19. The largest absolute Gasteiger partial charge is 0.493 e. The minimum absolute atomic E-state index is 0.547. The van der Waals surface area contributed by atoms with Crippen molar-refractivity contribution < 1.29 is 4.74 Å². The van der Waals surface area contributed by atoms with Gasteiger partial charge in [-0.25, -0.2) is 4.98 Å². The average Bonchev–Trinajstić information content (AvgIpc) is 3.15. The number of nitrogens with two attached hydrogens (primary N) is 1. The minimum Gasteiger partial charge on any atom is -0.493 e. The van der Waals surface area contributed by atoms with Gasteiger partial charge in [-0.15, -0.1) is 0 Å². The summed E-state index contributed by atoms with van der Waals surface area (Å²) in [6.07, 6.45) is 4.24. The van der Waals surface area contributed by atoms with Crippen molar-refractivity contribution in [3.05, 3.63) is 30.6 Å². The van der Waals surface area contributed by atoms with E-state index in [4.69, 9.17) is 10.5 Å². The van der Waals surface area contributed by atoms with Gasteiger partial charge in [0.05, 0.1) is 12.9 Å². The van der Waals surface area contributed by atoms with Gasteiger partial charge >= 0.3 is 0 Å². The third-order valence-electron chi connectivity index (χ3n) is 3.21. The van der Waals surface area contributed by atoms with Crippen LogP contribution in [0, 0.1) is 0 Å². The molecule has 94 valence electrons. The predicted molar refractivity (Wildman–Crippen MR) is 71.5 cm³/mol. The summed E-state index contributed by atoms with van der Waals surface area (Å²) in [5.74, 6) is 1.58. The lowest BCUT2D eigenvalue weighted by Crippen LogP contribution is -2.00. The highest BCUT2D eigenvalue weighted by atomic mass is 16.5. The van der Waals surface area contributed by atoms with E-state index >= 15 is 0 Å². The maximum Gasteiger partial charge on any atom is 0.131 e. The van der Waals surface area contributed by atoms with Gasteiger partial charge in [0.15, 0.2) is 0 Å². The molecule has 4 heteroatoms. The van der Waals surface area contributed by atoms with Crippen LogP contribution in [0.3, 0.4) is 0 Å². The zero-order chi connectivity index (χ0) is 12.5. The number of para-hydroxylation sites is 1. The standard InChI is InChI=1S/C14H17N3O/c1-2-18-12-6-4-3-5-11(12)13-14(15)17(9-16-13)10-7-8-10/h3-6,9-10H,2,7-8,15H2,1H3. The van der Waals surface area contributed by atoms with E-state index in [1.807, 2.05) is 37.5 Å². The number of hydrogen-bond acceptors (Lipinski definition) is 3. The van der Waals surface area contributed by atoms with E-state index in [9.17, 15) is 0 Å². The highest BCUT2D eigenvalue weighted by Gasteiger charge is 2.27. The second kappa shape index (κ2) is 4.37. The minimum atomic E-state index is 0.547. The molecule has 1 aliphatic carbocycles. The van der Waals surface area contributed by atoms with Crippen molar-refractivity contribution in [1.82, 2.24) is 9.55 Å². The molecule has 1 aromatic heterocycles. The van der Waals surface area contributed by atoms with Gasteiger partial charge in [-0.05, 0) is 31.9 Å². The first kappa shape index (κ1) is 11.1. The lowest BCUT2D eigenvalue weighted by molar-refractivity contribution is 0.341. The van der Waals surface area contributed by atoms with Gasteiger partial charge < -0.3 is 15.0 Å². The fourth-order valence-corrected chi connectivity index (χ4v) is 2.17. The van der Waals surface area contributed by atoms with E-state index in [2.05, 4.69) is 9.55 Å². The Morgan fingerprint density at radius 1 is 1.39 bits per heavy atom. The second-order valence-corrected chi connectivity index (χ2v) is 4.55. The van der Waals surface area contributed by atoms with Gasteiger partial charge in [0.1, 0.15) is 17.3 Å². The first-order valence-corrected chi connectivity index (χ1v) is 6.35. The smallest absolute Gasteiger partial charge is 0.131 e. The monoisotopic (exact) mass is 243 g/mol. The number of aromatic nitrogens is 2. The van der Waals surface area contributed by atoms with Crippen molar-refractivity contribution in [1.29, 1.82) is 0 Å². The third kappa shape index (κ3) is 1.83. The number of nitrogen functional groups attached to an aromatic ring is 1. The van der Waals surface area contributed by atoms with Crippen molar-refractivity contribution in [2.45, 2.75) is 25.8 Å². The molecule has 2 N–H and O–H groups in total. The molecule has 0 aliphatic heterocycles. The average molecular weight is 243 g/mol. The fraction of sp³-hybridized carbons (Fsp3) is 0.357. The molecular formula is C14H17N3O. The van der Waals surface area contributed by atoms with Crippen LogP contribution in [0.1, 0.15) is 25.8 Å². The molecule has 0 atom stereocenters. The Hall–Kier alpha value is -1.97. The van der Waals surface area contributed by atoms with Crippen LogP contribution in [0.2, 0.25) is 0 Å². The Morgan fingerprint density at radius 2 is 2.17 bits per heavy atom. The summed E-state index contributed by atoms with van der Waals surface area (Å²) in [6, 6.07) is 8.44. The van der Waals surface area contributed by atoms with E-state index in [0.29, 0.717) is 12.6 Å². The topological polar surface area (TPSA) is 53.1 Å². The normalized spacial score (nSPS) is 14.7. The lowest BCUT2D eigenvalue weighted by Gasteiger charge is -2.09. The molecule has 3 rings (SSSR count). The van der Waals surface area contributed by atoms with Crippen LogP contribution in [0.5, 0.6) is 5.75 Å². The Bertz CT molecular complexity index is 558. The lowest BCUT2D eigenvalue weighted by atomic mass is 10.1. The number of imidazole rings is 1. The summed E-state index contributed by atoms with van der Waals surface area (Å²) in [5, 5.41) is 0. The van der Waals surface area contributed by atoms with Crippen LogP contribution in [-0.2, 0) is 0 Å². The molecule has 2 aromatic rings. The van der Waals surface area contributed by atoms with Crippen molar-refractivity contribution in [2.24, 2.45) is 0 Å². The van der Waals surface area contributed by atoms with Crippen LogP contribution in [0.25, 0.3) is 11.3 Å². The van der Waals surface area contributed by atoms with E-state index in [1.165, 1.54) is 12.8 Å². The Balaban J connectivity index is 2.03. The third-order valence-corrected chi connectivity index (χ3v) is 3.21. The maximum absolute atomic E-state index is 6.19. The molecule has 1 heterocycles. The first-order chi connectivity index (χ1) is 8.81. The molecule has 0 amide bonds. The van der Waals surface area contributed by atoms with Crippen molar-refractivity contribution in [3.8, 4) is 17.0 Å². The Labute approximate surface area is 106 Å². The highest BCUT2D eigenvalue weighted by Crippen LogP contribution is 2.40. The number of benzene rings is 1. The molecule has 0 saturated heterocycles. The Kier molecular flexibility index (Phi) is 2.70. The molecule has 0 spiro atoms. The highest BCUT2D eigenvalue weighted by molar-refractivity contribution is 5.75. The van der Waals surface area contributed by atoms with Crippen LogP contribution in [0.15, 0.2) is 30.6 Å². The molecular weight excluding hydrogens is 226 g/mol. The van der Waals surface area contributed by atoms with Gasteiger partial charge in [-0.3, -0.25) is 0 Å². The molecule has 0 radical (unpaired) electrons. The van der Waals surface area contributed by atoms with E-state index in [0.717, 1.165) is 22.8 Å². The van der Waals surface area contributed by atoms with Gasteiger partial charge in [-0.1, -0.05) is 12.1 Å². The van der Waals surface area contributed by atoms with Crippen molar-refractivity contribution in [3.63, 3.8) is 0 Å². The van der Waals surface area contributed by atoms with E-state index in [1.54, 1.807) is 0 Å². The van der Waals surface area contributed by atoms with Crippen LogP contribution < -0.4 is 10.5 Å². The number of anilines is 1. The molecule has 1 fully saturated rings. The number of hydrogen-bond donors (Lipinski definition) is 1. The molecule has 0 bridgehead atoms. The molecule has 0 unspecified atom stereocenters. The quantitative estimate of drug-likeness (QED) is 0.898. The van der Waals surface area contributed by atoms with Crippen molar-refractivity contribution in [2.75, 3.05) is 12.3 Å². The number of rotatable bonds is 4. The van der Waals surface area contributed by atoms with Gasteiger partial charge in [-0.2, -0.15) is 0 Å². The van der Waals surface area contributed by atoms with Crippen LogP contribution >= 0.6 is 0 Å². The molecule has 1 saturated carbocycles. The zero-order valence-corrected chi connectivity index (χ0v) is 10.5. The SMILES string of the molecule is CCOc1ccccc1-c1ncn(C2CC2)c1N. The van der Waals surface area contributed by atoms with E-state index in [-0.39, 0.29) is 0 Å². The summed E-state index contributed by atoms with van der Waals surface area (Å²) in [5.41, 5.74) is 7.98. The molecule has 4 nitrogen and oxygen atoms in total. The number of ether oxygens (including phenoxy) is 1. The molecule has 18 heavy (non-hydrogen) atoms. The first-order valence-electron chi connectivity index (χ1n) is 6.35. The summed E-state index contributed by atoms with van der Waals surface area (Å²) < 4.78 is 7.69. The Morgan fingerprint density at radius 3 is 2.89 bits per heavy atom. The second-order valence-electron chi connectivity index (χ2n) is 4.55. The summed E-state index contributed by atoms with van der Waals surface area (Å²) in [6.45, 7) is 2.61. The van der Waals surface area contributed by atoms with E-state index < -0.39 is 0 Å². The van der Waals surface area contributed by atoms with Gasteiger partial charge in [0.2, 0.25) is 0 Å². The predicted octanol–water partition coefficient (Wildman–Crippen LogP) is 2.87. The number of nitrogens with zero attached hydrogens (tertiary/aromatic N) is 2. The summed E-state index contributed by atoms with van der Waals surface area (Å²) >= 11 is 0. The molecule has 1 aliphatic rings. The molecule has 1 aromatic carbocycles. The summed E-state index contributed by atoms with van der Waals surface area (Å²) in [4.78, 5) is 4.45. The van der Waals surface area contributed by atoms with Crippen LogP contribution in [0.4, 0.5) is 5.82 Å². The zero-order valence-electron chi connectivity index (χ0n) is 10.5. The van der Waals surface area contributed by atoms with Crippen LogP contribution in [-0.4, -0.2) is 16.2 Å². The van der Waals surface area contributed by atoms with Gasteiger partial charge in [0.25, 0.3) is 0 Å². The van der Waals surface area contributed by atoms with Crippen molar-refractivity contribution >= 4 is 5.82 Å². The fourth-order valence-electron chi connectivity index (χ4n) is 2.17.